The van der Waals surface area contributed by atoms with Gasteiger partial charge < -0.3 is 9.84 Å². The molecule has 198 valence electrons. The number of thioether (sulfide) groups is 1. The average molecular weight is 530 g/mol. The lowest BCUT2D eigenvalue weighted by Crippen LogP contribution is -2.26. The van der Waals surface area contributed by atoms with Crippen LogP contribution in [0.3, 0.4) is 0 Å². The molecule has 0 amide bonds. The highest BCUT2D eigenvalue weighted by molar-refractivity contribution is 7.99. The number of likely N-dealkylation sites (tertiary alicyclic amines) is 1. The standard InChI is InChI=1S/C33H36FNO2S/c1-33(2)14-12-22-4-5-24(18-30(22)33)29-21-38-31-19-25(36)8-11-28(31)32(29)23-6-9-26(10-7-23)37-27-13-17-35(20-27)16-3-15-34/h4-11,18-19,27,36H,3,12-17,20-21H2,1-2H3/t27-/m0/s1. The monoisotopic (exact) mass is 529 g/mol. The maximum atomic E-state index is 12.5. The van der Waals surface area contributed by atoms with Crippen LogP contribution in [0, 0.1) is 0 Å². The zero-order valence-corrected chi connectivity index (χ0v) is 23.1. The highest BCUT2D eigenvalue weighted by Gasteiger charge is 2.31. The molecule has 2 heterocycles. The molecule has 3 nitrogen and oxygen atoms in total. The van der Waals surface area contributed by atoms with E-state index in [0.717, 1.165) is 54.4 Å². The summed E-state index contributed by atoms with van der Waals surface area (Å²) in [5, 5.41) is 10.2. The Bertz CT molecular complexity index is 1360. The number of ether oxygens (including phenoxy) is 1. The molecule has 3 aromatic rings. The van der Waals surface area contributed by atoms with Gasteiger partial charge in [0.25, 0.3) is 0 Å². The van der Waals surface area contributed by atoms with Gasteiger partial charge in [-0.25, -0.2) is 0 Å². The highest BCUT2D eigenvalue weighted by atomic mass is 32.2. The largest absolute Gasteiger partial charge is 0.508 e. The summed E-state index contributed by atoms with van der Waals surface area (Å²) < 4.78 is 18.9. The van der Waals surface area contributed by atoms with E-state index in [0.29, 0.717) is 12.2 Å². The normalized spacial score (nSPS) is 20.4. The Hall–Kier alpha value is -2.76. The number of aromatic hydroxyl groups is 1. The second-order valence-electron chi connectivity index (χ2n) is 11.5. The number of phenols is 1. The lowest BCUT2D eigenvalue weighted by molar-refractivity contribution is 0.198. The van der Waals surface area contributed by atoms with Crippen LogP contribution in [0.1, 0.15) is 60.9 Å². The topological polar surface area (TPSA) is 32.7 Å². The fourth-order valence-corrected chi connectivity index (χ4v) is 7.39. The minimum atomic E-state index is -0.258. The third-order valence-corrected chi connectivity index (χ3v) is 9.48. The third kappa shape index (κ3) is 4.99. The smallest absolute Gasteiger partial charge is 0.119 e. The molecule has 0 saturated carbocycles. The second kappa shape index (κ2) is 10.4. The molecule has 3 aliphatic rings. The highest BCUT2D eigenvalue weighted by Crippen LogP contribution is 2.47. The molecule has 3 aromatic carbocycles. The van der Waals surface area contributed by atoms with Gasteiger partial charge in [0.15, 0.2) is 0 Å². The first kappa shape index (κ1) is 25.5. The molecule has 1 N–H and O–H groups in total. The first-order chi connectivity index (χ1) is 18.4. The van der Waals surface area contributed by atoms with Crippen molar-refractivity contribution in [1.82, 2.24) is 4.90 Å². The molecule has 1 atom stereocenters. The molecule has 0 unspecified atom stereocenters. The summed E-state index contributed by atoms with van der Waals surface area (Å²) >= 11 is 1.80. The number of fused-ring (bicyclic) bond motifs is 2. The van der Waals surface area contributed by atoms with Gasteiger partial charge in [-0.3, -0.25) is 9.29 Å². The van der Waals surface area contributed by atoms with E-state index in [1.54, 1.807) is 17.8 Å². The summed E-state index contributed by atoms with van der Waals surface area (Å²) in [7, 11) is 0. The molecule has 38 heavy (non-hydrogen) atoms. The molecule has 1 saturated heterocycles. The van der Waals surface area contributed by atoms with Crippen LogP contribution in [0.15, 0.2) is 65.6 Å². The molecule has 0 spiro atoms. The van der Waals surface area contributed by atoms with Crippen molar-refractivity contribution in [3.05, 3.63) is 88.5 Å². The van der Waals surface area contributed by atoms with Gasteiger partial charge in [-0.1, -0.05) is 44.2 Å². The van der Waals surface area contributed by atoms with Crippen LogP contribution in [0.4, 0.5) is 4.39 Å². The van der Waals surface area contributed by atoms with E-state index < -0.39 is 0 Å². The molecule has 1 fully saturated rings. The average Bonchev–Trinajstić information content (AvgIpc) is 3.50. The Morgan fingerprint density at radius 2 is 1.87 bits per heavy atom. The molecule has 0 radical (unpaired) electrons. The van der Waals surface area contributed by atoms with Crippen LogP contribution in [-0.2, 0) is 11.8 Å². The minimum absolute atomic E-state index is 0.153. The number of hydrogen-bond donors (Lipinski definition) is 1. The van der Waals surface area contributed by atoms with Crippen LogP contribution in [0.2, 0.25) is 0 Å². The van der Waals surface area contributed by atoms with Crippen LogP contribution >= 0.6 is 11.8 Å². The summed E-state index contributed by atoms with van der Waals surface area (Å²) in [6, 6.07) is 21.3. The van der Waals surface area contributed by atoms with Crippen LogP contribution in [0.25, 0.3) is 11.1 Å². The molecule has 0 bridgehead atoms. The quantitative estimate of drug-likeness (QED) is 0.344. The Labute approximate surface area is 229 Å². The van der Waals surface area contributed by atoms with Crippen molar-refractivity contribution in [3.63, 3.8) is 0 Å². The summed E-state index contributed by atoms with van der Waals surface area (Å²) in [4.78, 5) is 3.41. The van der Waals surface area contributed by atoms with E-state index in [2.05, 4.69) is 67.3 Å². The van der Waals surface area contributed by atoms with Gasteiger partial charge in [0.1, 0.15) is 17.6 Å². The minimum Gasteiger partial charge on any atom is -0.508 e. The van der Waals surface area contributed by atoms with Crippen molar-refractivity contribution in [3.8, 4) is 11.5 Å². The number of nitrogens with zero attached hydrogens (tertiary/aromatic N) is 1. The van der Waals surface area contributed by atoms with Crippen LogP contribution in [0.5, 0.6) is 11.5 Å². The van der Waals surface area contributed by atoms with E-state index in [1.807, 2.05) is 6.07 Å². The molecule has 6 rings (SSSR count). The number of aryl methyl sites for hydroxylation is 1. The van der Waals surface area contributed by atoms with Crippen molar-refractivity contribution in [2.45, 2.75) is 55.9 Å². The predicted molar refractivity (Wildman–Crippen MR) is 155 cm³/mol. The summed E-state index contributed by atoms with van der Waals surface area (Å²) in [6.07, 6.45) is 4.08. The van der Waals surface area contributed by atoms with E-state index >= 15 is 0 Å². The zero-order chi connectivity index (χ0) is 26.3. The Morgan fingerprint density at radius 1 is 1.05 bits per heavy atom. The van der Waals surface area contributed by atoms with E-state index in [-0.39, 0.29) is 18.2 Å². The van der Waals surface area contributed by atoms with Gasteiger partial charge in [0, 0.05) is 30.3 Å². The molecule has 5 heteroatoms. The third-order valence-electron chi connectivity index (χ3n) is 8.40. The van der Waals surface area contributed by atoms with Crippen molar-refractivity contribution in [2.24, 2.45) is 0 Å². The number of halogens is 1. The van der Waals surface area contributed by atoms with Crippen molar-refractivity contribution in [2.75, 3.05) is 32.1 Å². The van der Waals surface area contributed by atoms with Crippen LogP contribution < -0.4 is 4.74 Å². The van der Waals surface area contributed by atoms with Gasteiger partial charge in [-0.15, -0.1) is 11.8 Å². The Balaban J connectivity index is 1.33. The first-order valence-electron chi connectivity index (χ1n) is 13.8. The molecular formula is C33H36FNO2S. The lowest BCUT2D eigenvalue weighted by Gasteiger charge is -2.26. The number of hydrogen-bond acceptors (Lipinski definition) is 4. The number of benzene rings is 3. The fraction of sp³-hybridized carbons (Fsp3) is 0.394. The van der Waals surface area contributed by atoms with Crippen molar-refractivity contribution in [1.29, 1.82) is 0 Å². The van der Waals surface area contributed by atoms with E-state index in [9.17, 15) is 9.50 Å². The first-order valence-corrected chi connectivity index (χ1v) is 14.8. The molecule has 1 aliphatic carbocycles. The van der Waals surface area contributed by atoms with Gasteiger partial charge in [-0.05, 0) is 100 Å². The van der Waals surface area contributed by atoms with Crippen molar-refractivity contribution < 1.29 is 14.2 Å². The van der Waals surface area contributed by atoms with Gasteiger partial charge >= 0.3 is 0 Å². The number of alkyl halides is 1. The number of phenolic OH excluding ortho intramolecular Hbond substituents is 1. The SMILES string of the molecule is CC1(C)CCc2ccc(C3=C(c4ccc(O[C@H]5CCN(CCCF)C5)cc4)c4ccc(O)cc4SC3)cc21. The second-order valence-corrected chi connectivity index (χ2v) is 12.5. The van der Waals surface area contributed by atoms with Crippen LogP contribution in [-0.4, -0.2) is 48.2 Å². The summed E-state index contributed by atoms with van der Waals surface area (Å²) in [5.41, 5.74) is 9.36. The fourth-order valence-electron chi connectivity index (χ4n) is 6.25. The molecule has 2 aliphatic heterocycles. The van der Waals surface area contributed by atoms with E-state index in [4.69, 9.17) is 4.74 Å². The van der Waals surface area contributed by atoms with Crippen molar-refractivity contribution >= 4 is 22.9 Å². The molecule has 0 aromatic heterocycles. The van der Waals surface area contributed by atoms with Gasteiger partial charge in [-0.2, -0.15) is 0 Å². The Kier molecular flexibility index (Phi) is 7.00. The zero-order valence-electron chi connectivity index (χ0n) is 22.3. The van der Waals surface area contributed by atoms with Gasteiger partial charge in [0.2, 0.25) is 0 Å². The summed E-state index contributed by atoms with van der Waals surface area (Å²) in [6.45, 7) is 7.09. The number of rotatable bonds is 7. The van der Waals surface area contributed by atoms with Gasteiger partial charge in [0.05, 0.1) is 6.67 Å². The lowest BCUT2D eigenvalue weighted by atomic mass is 9.83. The maximum Gasteiger partial charge on any atom is 0.119 e. The molecular weight excluding hydrogens is 493 g/mol. The van der Waals surface area contributed by atoms with E-state index in [1.165, 1.54) is 39.8 Å². The predicted octanol–water partition coefficient (Wildman–Crippen LogP) is 7.49. The Morgan fingerprint density at radius 3 is 2.68 bits per heavy atom. The summed E-state index contributed by atoms with van der Waals surface area (Å²) in [5.74, 6) is 2.04. The maximum absolute atomic E-state index is 12.5.